The van der Waals surface area contributed by atoms with Gasteiger partial charge < -0.3 is 20.4 Å². The molecule has 8 heteroatoms. The first-order chi connectivity index (χ1) is 13.0. The number of anilines is 1. The molecule has 7 nitrogen and oxygen atoms in total. The van der Waals surface area contributed by atoms with Crippen LogP contribution in [0.1, 0.15) is 32.1 Å². The van der Waals surface area contributed by atoms with E-state index in [2.05, 4.69) is 26.6 Å². The first-order valence-corrected chi connectivity index (χ1v) is 10.2. The molecule has 0 spiro atoms. The van der Waals surface area contributed by atoms with Crippen LogP contribution in [-0.2, 0) is 9.59 Å². The van der Waals surface area contributed by atoms with Crippen molar-refractivity contribution in [3.8, 4) is 0 Å². The molecule has 2 saturated heterocycles. The first-order valence-electron chi connectivity index (χ1n) is 9.42. The van der Waals surface area contributed by atoms with Gasteiger partial charge in [0.05, 0.1) is 6.54 Å². The van der Waals surface area contributed by atoms with E-state index in [0.29, 0.717) is 18.7 Å². The summed E-state index contributed by atoms with van der Waals surface area (Å²) in [5, 5.41) is 5.51. The highest BCUT2D eigenvalue weighted by Gasteiger charge is 2.30. The van der Waals surface area contributed by atoms with Crippen LogP contribution in [0.4, 0.5) is 10.5 Å². The molecule has 1 aromatic carbocycles. The topological polar surface area (TPSA) is 81.8 Å². The van der Waals surface area contributed by atoms with Gasteiger partial charge >= 0.3 is 6.03 Å². The number of benzene rings is 1. The van der Waals surface area contributed by atoms with Gasteiger partial charge in [0.15, 0.2) is 0 Å². The Hall–Kier alpha value is -2.09. The number of halogens is 1. The number of likely N-dealkylation sites (tertiary alicyclic amines) is 2. The summed E-state index contributed by atoms with van der Waals surface area (Å²) in [6, 6.07) is 6.20. The highest BCUT2D eigenvalue weighted by atomic mass is 79.9. The number of rotatable bonds is 4. The molecule has 27 heavy (non-hydrogen) atoms. The van der Waals surface area contributed by atoms with E-state index in [1.165, 1.54) is 0 Å². The van der Waals surface area contributed by atoms with Gasteiger partial charge in [-0.05, 0) is 56.4 Å². The van der Waals surface area contributed by atoms with Gasteiger partial charge in [0, 0.05) is 29.8 Å². The first kappa shape index (κ1) is 19.7. The molecule has 0 saturated carbocycles. The summed E-state index contributed by atoms with van der Waals surface area (Å²) >= 11 is 3.35. The Balaban J connectivity index is 1.56. The molecule has 2 aliphatic rings. The van der Waals surface area contributed by atoms with E-state index in [-0.39, 0.29) is 18.4 Å². The lowest BCUT2D eigenvalue weighted by Crippen LogP contribution is -2.51. The molecular weight excluding hydrogens is 412 g/mol. The van der Waals surface area contributed by atoms with Crippen molar-refractivity contribution in [2.75, 3.05) is 31.5 Å². The fourth-order valence-corrected chi connectivity index (χ4v) is 3.75. The normalized spacial score (nSPS) is 20.3. The fraction of sp³-hybridized carbons (Fsp3) is 0.526. The number of hydrogen-bond donors (Lipinski definition) is 2. The van der Waals surface area contributed by atoms with E-state index >= 15 is 0 Å². The van der Waals surface area contributed by atoms with E-state index in [9.17, 15) is 14.4 Å². The van der Waals surface area contributed by atoms with Crippen molar-refractivity contribution in [2.24, 2.45) is 0 Å². The minimum atomic E-state index is -0.602. The summed E-state index contributed by atoms with van der Waals surface area (Å²) in [6.45, 7) is 2.21. The molecular formula is C19H25BrN4O3. The average molecular weight is 437 g/mol. The summed E-state index contributed by atoms with van der Waals surface area (Å²) in [6.07, 6.45) is 4.32. The number of urea groups is 1. The lowest BCUT2D eigenvalue weighted by Gasteiger charge is -2.26. The van der Waals surface area contributed by atoms with Gasteiger partial charge in [0.2, 0.25) is 11.8 Å². The predicted molar refractivity (Wildman–Crippen MR) is 106 cm³/mol. The summed E-state index contributed by atoms with van der Waals surface area (Å²) in [4.78, 5) is 40.9. The van der Waals surface area contributed by atoms with E-state index in [4.69, 9.17) is 0 Å². The molecule has 0 aliphatic carbocycles. The zero-order valence-electron chi connectivity index (χ0n) is 15.2. The van der Waals surface area contributed by atoms with Crippen molar-refractivity contribution >= 4 is 39.5 Å². The summed E-state index contributed by atoms with van der Waals surface area (Å²) in [7, 11) is 0. The van der Waals surface area contributed by atoms with Gasteiger partial charge in [-0.2, -0.15) is 0 Å². The molecule has 0 aromatic heterocycles. The number of hydrogen-bond acceptors (Lipinski definition) is 3. The monoisotopic (exact) mass is 436 g/mol. The maximum absolute atomic E-state index is 12.8. The molecule has 1 unspecified atom stereocenters. The molecule has 0 radical (unpaired) electrons. The fourth-order valence-electron chi connectivity index (χ4n) is 3.48. The Morgan fingerprint density at radius 2 is 1.70 bits per heavy atom. The van der Waals surface area contributed by atoms with Gasteiger partial charge in [-0.1, -0.05) is 15.9 Å². The zero-order chi connectivity index (χ0) is 19.2. The Morgan fingerprint density at radius 3 is 2.41 bits per heavy atom. The second-order valence-corrected chi connectivity index (χ2v) is 7.92. The Bertz CT molecular complexity index is 689. The Morgan fingerprint density at radius 1 is 1.04 bits per heavy atom. The molecule has 1 atom stereocenters. The molecule has 2 fully saturated rings. The van der Waals surface area contributed by atoms with Crippen LogP contribution in [0.15, 0.2) is 28.7 Å². The molecule has 2 heterocycles. The van der Waals surface area contributed by atoms with Gasteiger partial charge in [-0.3, -0.25) is 9.59 Å². The average Bonchev–Trinajstić information content (AvgIpc) is 3.14. The maximum atomic E-state index is 12.8. The van der Waals surface area contributed by atoms with Gasteiger partial charge in [-0.15, -0.1) is 0 Å². The maximum Gasteiger partial charge on any atom is 0.319 e. The standard InChI is InChI=1S/C19H25BrN4O3/c20-14-6-8-15(9-7-14)21-19(27)22-16-5-1-2-12-24(18(16)26)13-17(25)23-10-3-4-11-23/h6-9,16H,1-5,10-13H2,(H2,21,22,27). The molecule has 146 valence electrons. The van der Waals surface area contributed by atoms with Crippen LogP contribution in [0.25, 0.3) is 0 Å². The van der Waals surface area contributed by atoms with E-state index in [1.807, 2.05) is 17.0 Å². The lowest BCUT2D eigenvalue weighted by molar-refractivity contribution is -0.140. The molecule has 3 rings (SSSR count). The summed E-state index contributed by atoms with van der Waals surface area (Å²) < 4.78 is 0.922. The second-order valence-electron chi connectivity index (χ2n) is 7.00. The minimum Gasteiger partial charge on any atom is -0.341 e. The third-order valence-electron chi connectivity index (χ3n) is 4.97. The van der Waals surface area contributed by atoms with E-state index < -0.39 is 12.1 Å². The predicted octanol–water partition coefficient (Wildman–Crippen LogP) is 2.57. The van der Waals surface area contributed by atoms with Crippen LogP contribution >= 0.6 is 15.9 Å². The van der Waals surface area contributed by atoms with Crippen LogP contribution < -0.4 is 10.6 Å². The number of nitrogens with one attached hydrogen (secondary N) is 2. The third-order valence-corrected chi connectivity index (χ3v) is 5.50. The quantitative estimate of drug-likeness (QED) is 0.760. The highest BCUT2D eigenvalue weighted by molar-refractivity contribution is 9.10. The van der Waals surface area contributed by atoms with Crippen LogP contribution in [0, 0.1) is 0 Å². The molecule has 2 N–H and O–H groups in total. The van der Waals surface area contributed by atoms with Gasteiger partial charge in [-0.25, -0.2) is 4.79 Å². The van der Waals surface area contributed by atoms with Crippen molar-refractivity contribution in [1.29, 1.82) is 0 Å². The SMILES string of the molecule is O=C(Nc1ccc(Br)cc1)NC1CCCCN(CC(=O)N2CCCC2)C1=O. The van der Waals surface area contributed by atoms with Crippen molar-refractivity contribution in [2.45, 2.75) is 38.1 Å². The minimum absolute atomic E-state index is 0.000754. The number of carbonyl (C=O) groups is 3. The van der Waals surface area contributed by atoms with E-state index in [0.717, 1.165) is 43.2 Å². The zero-order valence-corrected chi connectivity index (χ0v) is 16.8. The van der Waals surface area contributed by atoms with Crippen LogP contribution in [0.3, 0.4) is 0 Å². The molecule has 2 aliphatic heterocycles. The second kappa shape index (κ2) is 9.21. The largest absolute Gasteiger partial charge is 0.341 e. The van der Waals surface area contributed by atoms with Crippen molar-refractivity contribution in [1.82, 2.24) is 15.1 Å². The number of amides is 4. The van der Waals surface area contributed by atoms with Crippen molar-refractivity contribution < 1.29 is 14.4 Å². The van der Waals surface area contributed by atoms with E-state index in [1.54, 1.807) is 17.0 Å². The number of carbonyl (C=O) groups excluding carboxylic acids is 3. The van der Waals surface area contributed by atoms with Crippen LogP contribution in [0.2, 0.25) is 0 Å². The Kier molecular flexibility index (Phi) is 6.71. The summed E-state index contributed by atoms with van der Waals surface area (Å²) in [5.41, 5.74) is 0.651. The van der Waals surface area contributed by atoms with Crippen molar-refractivity contribution in [3.63, 3.8) is 0 Å². The van der Waals surface area contributed by atoms with Crippen molar-refractivity contribution in [3.05, 3.63) is 28.7 Å². The van der Waals surface area contributed by atoms with Crippen LogP contribution in [-0.4, -0.2) is 59.9 Å². The Labute approximate surface area is 167 Å². The van der Waals surface area contributed by atoms with Crippen LogP contribution in [0.5, 0.6) is 0 Å². The smallest absolute Gasteiger partial charge is 0.319 e. The van der Waals surface area contributed by atoms with Gasteiger partial charge in [0.25, 0.3) is 0 Å². The molecule has 1 aromatic rings. The molecule has 4 amide bonds. The lowest BCUT2D eigenvalue weighted by atomic mass is 10.1. The summed E-state index contributed by atoms with van der Waals surface area (Å²) in [5.74, 6) is -0.174. The van der Waals surface area contributed by atoms with Gasteiger partial charge in [0.1, 0.15) is 6.04 Å². The molecule has 0 bridgehead atoms. The highest BCUT2D eigenvalue weighted by Crippen LogP contribution is 2.16. The third kappa shape index (κ3) is 5.45. The number of nitrogens with zero attached hydrogens (tertiary/aromatic N) is 2.